The van der Waals surface area contributed by atoms with E-state index in [0.717, 1.165) is 11.1 Å². The third kappa shape index (κ3) is 8.85. The highest BCUT2D eigenvalue weighted by molar-refractivity contribution is 6.19. The lowest BCUT2D eigenvalue weighted by Gasteiger charge is -2.56. The zero-order chi connectivity index (χ0) is 47.9. The van der Waals surface area contributed by atoms with Crippen molar-refractivity contribution in [1.29, 1.82) is 0 Å². The Balaban J connectivity index is 1.35. The van der Waals surface area contributed by atoms with Crippen LogP contribution >= 0.6 is 0 Å². The molecule has 0 amide bonds. The number of benzene rings is 1. The number of hydrogen-bond acceptors (Lipinski definition) is 16. The highest BCUT2D eigenvalue weighted by atomic mass is 16.7. The van der Waals surface area contributed by atoms with Crippen LogP contribution in [0.3, 0.4) is 0 Å². The lowest BCUT2D eigenvalue weighted by Crippen LogP contribution is -2.72. The van der Waals surface area contributed by atoms with E-state index in [-0.39, 0.29) is 86.5 Å². The van der Waals surface area contributed by atoms with Crippen LogP contribution in [0.4, 0.5) is 0 Å². The van der Waals surface area contributed by atoms with Crippen LogP contribution in [0.5, 0.6) is 17.2 Å². The molecule has 2 saturated heterocycles. The van der Waals surface area contributed by atoms with E-state index < -0.39 is 83.3 Å². The van der Waals surface area contributed by atoms with Crippen LogP contribution in [-0.4, -0.2) is 142 Å². The monoisotopic (exact) mass is 922 g/mol. The Morgan fingerprint density at radius 2 is 1.56 bits per heavy atom. The maximum Gasteiger partial charge on any atom is 0.333 e. The molecule has 1 aromatic rings. The normalized spacial score (nSPS) is 32.3. The summed E-state index contributed by atoms with van der Waals surface area (Å²) in [6, 6.07) is 0. The average Bonchev–Trinajstić information content (AvgIpc) is 3.42. The van der Waals surface area contributed by atoms with E-state index >= 15 is 4.79 Å². The third-order valence-corrected chi connectivity index (χ3v) is 13.6. The van der Waals surface area contributed by atoms with E-state index in [1.807, 2.05) is 60.6 Å². The molecule has 5 N–H and O–H groups in total. The number of hydrogen-bond donors (Lipinski definition) is 5. The van der Waals surface area contributed by atoms with Gasteiger partial charge in [-0.05, 0) is 93.2 Å². The molecule has 3 fully saturated rings. The van der Waals surface area contributed by atoms with Gasteiger partial charge in [0.15, 0.2) is 22.8 Å². The van der Waals surface area contributed by atoms with Gasteiger partial charge in [-0.1, -0.05) is 35.5 Å². The van der Waals surface area contributed by atoms with E-state index in [1.165, 1.54) is 0 Å². The number of Topliss-reactive ketones (excluding diaryl/α,β-unsaturated/α-hetero) is 2. The predicted octanol–water partition coefficient (Wildman–Crippen LogP) is 4.20. The van der Waals surface area contributed by atoms with Crippen molar-refractivity contribution in [2.75, 3.05) is 46.2 Å². The van der Waals surface area contributed by atoms with Crippen molar-refractivity contribution >= 4 is 23.6 Å². The summed E-state index contributed by atoms with van der Waals surface area (Å²) in [5.41, 5.74) is -1.97. The molecule has 0 aromatic heterocycles. The van der Waals surface area contributed by atoms with Crippen molar-refractivity contribution in [2.45, 2.75) is 141 Å². The molecule has 4 heterocycles. The van der Waals surface area contributed by atoms with Crippen LogP contribution in [0.1, 0.15) is 103 Å². The summed E-state index contributed by atoms with van der Waals surface area (Å²) >= 11 is 0. The molecule has 8 rings (SSSR count). The fourth-order valence-corrected chi connectivity index (χ4v) is 10.2. The van der Waals surface area contributed by atoms with Crippen molar-refractivity contribution in [1.82, 2.24) is 0 Å². The van der Waals surface area contributed by atoms with Gasteiger partial charge in [-0.15, -0.1) is 0 Å². The molecule has 4 bridgehead atoms. The SMILES string of the molecule is CC(C)=CCCC1(C)C=Cc2c(c(CC=C(C)C)c3c(c2O[C@@H]2O[C@H](CO)[C@@H](O)[C@@H](O)[C@H]2O)C(=O)C2=CC4CC5C(C)(C)OC(CC=C(C)C(=O)OCCOCCOCCO)(C4=O)C25O3)O1. The highest BCUT2D eigenvalue weighted by Gasteiger charge is 2.81. The van der Waals surface area contributed by atoms with Crippen molar-refractivity contribution < 1.29 is 77.8 Å². The molecule has 3 aliphatic carbocycles. The van der Waals surface area contributed by atoms with Gasteiger partial charge in [0.2, 0.25) is 6.29 Å². The molecule has 5 unspecified atom stereocenters. The standard InChI is InChI=1S/C50H66O16/c1-27(2)10-9-15-48(8)16-14-32-41(64-48)31(12-11-28(3)4)43-36(42(32)63-46-40(56)39(55)38(54)34(26-52)62-46)37(53)33-24-30-25-35-47(6,7)66-49(44(30)57,50(33,35)65-43)17-13-29(5)45(58)61-23-22-60-21-20-59-19-18-51/h10-11,13-14,16,24,30,34-35,38-40,46,51-52,54-56H,9,12,15,17-23,25-26H2,1-8H3/t30?,34-,35?,38-,39-,40-,46+,48?,49?,50?/m1/s1. The van der Waals surface area contributed by atoms with Gasteiger partial charge in [0.1, 0.15) is 59.4 Å². The molecule has 4 aliphatic heterocycles. The number of carbonyl (C=O) groups excluding carboxylic acids is 3. The van der Waals surface area contributed by atoms with Gasteiger partial charge in [-0.3, -0.25) is 9.59 Å². The second-order valence-electron chi connectivity index (χ2n) is 19.3. The van der Waals surface area contributed by atoms with Crippen molar-refractivity contribution in [3.63, 3.8) is 0 Å². The summed E-state index contributed by atoms with van der Waals surface area (Å²) in [4.78, 5) is 44.0. The zero-order valence-electron chi connectivity index (χ0n) is 39.2. The largest absolute Gasteiger partial charge is 0.482 e. The average molecular weight is 923 g/mol. The second-order valence-corrected chi connectivity index (χ2v) is 19.3. The summed E-state index contributed by atoms with van der Waals surface area (Å²) in [5, 5.41) is 51.7. The van der Waals surface area contributed by atoms with E-state index in [4.69, 9.17) is 43.0 Å². The first kappa shape index (κ1) is 49.7. The molecule has 0 radical (unpaired) electrons. The maximum atomic E-state index is 15.8. The van der Waals surface area contributed by atoms with Crippen LogP contribution in [-0.2, 0) is 39.7 Å². The Kier molecular flexibility index (Phi) is 14.6. The molecule has 66 heavy (non-hydrogen) atoms. The van der Waals surface area contributed by atoms with Crippen LogP contribution in [0, 0.1) is 11.8 Å². The number of carbonyl (C=O) groups is 3. The van der Waals surface area contributed by atoms with E-state index in [9.17, 15) is 30.0 Å². The van der Waals surface area contributed by atoms with Gasteiger partial charge in [0.05, 0.1) is 50.8 Å². The van der Waals surface area contributed by atoms with Gasteiger partial charge in [0.25, 0.3) is 0 Å². The second kappa shape index (κ2) is 19.4. The van der Waals surface area contributed by atoms with Gasteiger partial charge < -0.3 is 63.4 Å². The Hall–Kier alpha value is -4.23. The van der Waals surface area contributed by atoms with Gasteiger partial charge in [-0.2, -0.15) is 0 Å². The van der Waals surface area contributed by atoms with Crippen LogP contribution < -0.4 is 14.2 Å². The van der Waals surface area contributed by atoms with Crippen molar-refractivity contribution in [2.24, 2.45) is 11.8 Å². The lowest BCUT2D eigenvalue weighted by molar-refractivity contribution is -0.277. The lowest BCUT2D eigenvalue weighted by atomic mass is 9.51. The quantitative estimate of drug-likeness (QED) is 0.0568. The fraction of sp³-hybridized carbons (Fsp3) is 0.620. The molecule has 1 aromatic carbocycles. The molecule has 7 aliphatic rings. The number of aliphatic hydroxyl groups is 5. The molecule has 16 nitrogen and oxygen atoms in total. The Labute approximate surface area is 385 Å². The zero-order valence-corrected chi connectivity index (χ0v) is 39.2. The van der Waals surface area contributed by atoms with Crippen LogP contribution in [0.15, 0.2) is 52.7 Å². The summed E-state index contributed by atoms with van der Waals surface area (Å²) < 4.78 is 49.9. The summed E-state index contributed by atoms with van der Waals surface area (Å²) in [6.45, 7) is 15.2. The van der Waals surface area contributed by atoms with E-state index in [1.54, 1.807) is 25.2 Å². The molecule has 362 valence electrons. The Morgan fingerprint density at radius 1 is 0.864 bits per heavy atom. The summed E-state index contributed by atoms with van der Waals surface area (Å²) in [6.07, 6.45) is 4.53. The number of allylic oxidation sites excluding steroid dienone is 5. The third-order valence-electron chi connectivity index (χ3n) is 13.6. The maximum absolute atomic E-state index is 15.8. The van der Waals surface area contributed by atoms with Crippen LogP contribution in [0.25, 0.3) is 6.08 Å². The topological polar surface area (TPSA) is 226 Å². The number of ether oxygens (including phenoxy) is 8. The molecule has 1 saturated carbocycles. The summed E-state index contributed by atoms with van der Waals surface area (Å²) in [5.74, 6) is -2.35. The number of ketones is 2. The smallest absolute Gasteiger partial charge is 0.333 e. The van der Waals surface area contributed by atoms with Gasteiger partial charge in [-0.25, -0.2) is 4.79 Å². The fourth-order valence-electron chi connectivity index (χ4n) is 10.2. The molecule has 16 heteroatoms. The van der Waals surface area contributed by atoms with E-state index in [2.05, 4.69) is 6.08 Å². The minimum absolute atomic E-state index is 0.0223. The van der Waals surface area contributed by atoms with Crippen molar-refractivity contribution in [3.8, 4) is 17.2 Å². The molecular formula is C50H66O16. The first-order chi connectivity index (χ1) is 31.3. The van der Waals surface area contributed by atoms with Gasteiger partial charge in [0, 0.05) is 35.0 Å². The number of rotatable bonds is 19. The molecular weight excluding hydrogens is 857 g/mol. The number of esters is 1. The first-order valence-electron chi connectivity index (χ1n) is 22.9. The van der Waals surface area contributed by atoms with Crippen molar-refractivity contribution in [3.05, 3.63) is 69.4 Å². The highest BCUT2D eigenvalue weighted by Crippen LogP contribution is 2.69. The Bertz CT molecular complexity index is 2210. The van der Waals surface area contributed by atoms with E-state index in [0.29, 0.717) is 36.1 Å². The van der Waals surface area contributed by atoms with Gasteiger partial charge >= 0.3 is 5.97 Å². The first-order valence-corrected chi connectivity index (χ1v) is 22.9. The molecule has 10 atom stereocenters. The Morgan fingerprint density at radius 3 is 2.24 bits per heavy atom. The van der Waals surface area contributed by atoms with Crippen LogP contribution in [0.2, 0.25) is 0 Å². The summed E-state index contributed by atoms with van der Waals surface area (Å²) in [7, 11) is 0. The predicted molar refractivity (Wildman–Crippen MR) is 239 cm³/mol. The number of fused-ring (bicyclic) bond motifs is 2. The minimum atomic E-state index is -1.81. The number of aliphatic hydroxyl groups excluding tert-OH is 5. The molecule has 1 spiro atoms. The minimum Gasteiger partial charge on any atom is -0.482 e.